The normalized spacial score (nSPS) is 11.5. The third-order valence-electron chi connectivity index (χ3n) is 6.00. The van der Waals surface area contributed by atoms with Gasteiger partial charge in [-0.05, 0) is 42.3 Å². The van der Waals surface area contributed by atoms with Crippen molar-refractivity contribution in [3.63, 3.8) is 0 Å². The number of rotatable bonds is 2. The zero-order valence-corrected chi connectivity index (χ0v) is 16.8. The van der Waals surface area contributed by atoms with Crippen LogP contribution in [0.2, 0.25) is 0 Å². The highest BCUT2D eigenvalue weighted by Crippen LogP contribution is 2.43. The molecule has 0 atom stereocenters. The molecule has 0 aliphatic rings. The molecule has 0 radical (unpaired) electrons. The molecule has 0 spiro atoms. The first-order valence-electron chi connectivity index (χ1n) is 10.4. The van der Waals surface area contributed by atoms with Crippen LogP contribution in [0.25, 0.3) is 49.6 Å². The van der Waals surface area contributed by atoms with Gasteiger partial charge in [0.1, 0.15) is 0 Å². The van der Waals surface area contributed by atoms with Crippen LogP contribution in [0.15, 0.2) is 109 Å². The zero-order chi connectivity index (χ0) is 20.1. The minimum absolute atomic E-state index is 1.24. The lowest BCUT2D eigenvalue weighted by molar-refractivity contribution is 1.33. The minimum Gasteiger partial charge on any atom is -0.309 e. The van der Waals surface area contributed by atoms with E-state index in [0.29, 0.717) is 0 Å². The maximum absolute atomic E-state index is 2.43. The van der Waals surface area contributed by atoms with Crippen molar-refractivity contribution >= 4 is 27.3 Å². The smallest absolute Gasteiger partial charge is 0.0553 e. The second kappa shape index (κ2) is 6.60. The lowest BCUT2D eigenvalue weighted by atomic mass is 9.91. The molecule has 0 fully saturated rings. The van der Waals surface area contributed by atoms with Crippen LogP contribution < -0.4 is 0 Å². The number of nitrogens with zero attached hydrogens (tertiary/aromatic N) is 1. The van der Waals surface area contributed by atoms with Gasteiger partial charge in [-0.25, -0.2) is 0 Å². The summed E-state index contributed by atoms with van der Waals surface area (Å²) in [6.07, 6.45) is 0. The van der Waals surface area contributed by atoms with E-state index in [2.05, 4.69) is 121 Å². The van der Waals surface area contributed by atoms with E-state index in [-0.39, 0.29) is 0 Å². The van der Waals surface area contributed by atoms with Crippen LogP contribution in [-0.4, -0.2) is 4.40 Å². The summed E-state index contributed by atoms with van der Waals surface area (Å²) in [5.41, 5.74) is 10.1. The molecule has 0 unspecified atom stereocenters. The minimum atomic E-state index is 1.24. The van der Waals surface area contributed by atoms with Crippen LogP contribution in [0.3, 0.4) is 0 Å². The van der Waals surface area contributed by atoms with Crippen LogP contribution >= 0.6 is 0 Å². The fourth-order valence-electron chi connectivity index (χ4n) is 4.72. The van der Waals surface area contributed by atoms with E-state index in [1.807, 2.05) is 0 Å². The fraction of sp³-hybridized carbons (Fsp3) is 0.0345. The summed E-state index contributed by atoms with van der Waals surface area (Å²) in [5.74, 6) is 0. The third kappa shape index (κ3) is 2.49. The van der Waals surface area contributed by atoms with Crippen molar-refractivity contribution < 1.29 is 0 Å². The van der Waals surface area contributed by atoms with Gasteiger partial charge in [0.05, 0.1) is 16.6 Å². The van der Waals surface area contributed by atoms with Crippen molar-refractivity contribution in [2.75, 3.05) is 0 Å². The highest BCUT2D eigenvalue weighted by atomic mass is 14.9. The van der Waals surface area contributed by atoms with E-state index in [9.17, 15) is 0 Å². The first kappa shape index (κ1) is 17.1. The lowest BCUT2D eigenvalue weighted by Crippen LogP contribution is -1.96. The molecule has 1 nitrogen and oxygen atoms in total. The van der Waals surface area contributed by atoms with Gasteiger partial charge in [0.2, 0.25) is 0 Å². The molecule has 142 valence electrons. The predicted molar refractivity (Wildman–Crippen MR) is 128 cm³/mol. The molecular formula is C29H21N. The van der Waals surface area contributed by atoms with E-state index in [4.69, 9.17) is 0 Å². The standard InChI is InChI=1S/C29H21N/c1-20-16-17-25-23(18-20)19-27-29(22-12-6-3-7-13-22)28(21-10-4-2-5-11-21)24-14-8-9-15-26(24)30(25)27/h2-19H,1H3. The lowest BCUT2D eigenvalue weighted by Gasteiger charge is -2.18. The van der Waals surface area contributed by atoms with Gasteiger partial charge in [-0.15, -0.1) is 0 Å². The van der Waals surface area contributed by atoms with E-state index >= 15 is 0 Å². The molecule has 0 amide bonds. The van der Waals surface area contributed by atoms with Gasteiger partial charge < -0.3 is 4.40 Å². The van der Waals surface area contributed by atoms with Crippen LogP contribution in [0.1, 0.15) is 5.56 Å². The highest BCUT2D eigenvalue weighted by molar-refractivity contribution is 6.11. The molecule has 6 aromatic rings. The number of para-hydroxylation sites is 1. The van der Waals surface area contributed by atoms with Gasteiger partial charge in [0, 0.05) is 21.9 Å². The Morgan fingerprint density at radius 1 is 0.500 bits per heavy atom. The Labute approximate surface area is 175 Å². The molecular weight excluding hydrogens is 362 g/mol. The summed E-state index contributed by atoms with van der Waals surface area (Å²) < 4.78 is 2.43. The van der Waals surface area contributed by atoms with E-state index in [1.165, 1.54) is 55.1 Å². The number of pyridine rings is 1. The molecule has 2 heterocycles. The summed E-state index contributed by atoms with van der Waals surface area (Å²) in [4.78, 5) is 0. The van der Waals surface area contributed by atoms with Crippen LogP contribution in [0, 0.1) is 6.92 Å². The quantitative estimate of drug-likeness (QED) is 0.286. The van der Waals surface area contributed by atoms with Gasteiger partial charge in [-0.3, -0.25) is 0 Å². The predicted octanol–water partition coefficient (Wildman–Crippen LogP) is 7.89. The average molecular weight is 383 g/mol. The summed E-state index contributed by atoms with van der Waals surface area (Å²) in [6, 6.07) is 39.4. The molecule has 0 aliphatic carbocycles. The Hall–Kier alpha value is -3.84. The Kier molecular flexibility index (Phi) is 3.75. The van der Waals surface area contributed by atoms with E-state index < -0.39 is 0 Å². The Bertz CT molecular complexity index is 1520. The van der Waals surface area contributed by atoms with Gasteiger partial charge in [-0.2, -0.15) is 0 Å². The number of hydrogen-bond acceptors (Lipinski definition) is 0. The Morgan fingerprint density at radius 3 is 1.87 bits per heavy atom. The Balaban J connectivity index is 1.92. The van der Waals surface area contributed by atoms with Crippen LogP contribution in [0.4, 0.5) is 0 Å². The molecule has 0 N–H and O–H groups in total. The molecule has 0 saturated carbocycles. The van der Waals surface area contributed by atoms with Gasteiger partial charge in [0.25, 0.3) is 0 Å². The average Bonchev–Trinajstić information content (AvgIpc) is 3.17. The van der Waals surface area contributed by atoms with Crippen molar-refractivity contribution in [1.82, 2.24) is 4.40 Å². The number of fused-ring (bicyclic) bond motifs is 5. The van der Waals surface area contributed by atoms with Gasteiger partial charge in [-0.1, -0.05) is 90.5 Å². The van der Waals surface area contributed by atoms with Crippen molar-refractivity contribution in [2.24, 2.45) is 0 Å². The highest BCUT2D eigenvalue weighted by Gasteiger charge is 2.19. The van der Waals surface area contributed by atoms with E-state index in [0.717, 1.165) is 0 Å². The fourth-order valence-corrected chi connectivity index (χ4v) is 4.72. The molecule has 0 bridgehead atoms. The first-order chi connectivity index (χ1) is 14.8. The molecule has 4 aromatic carbocycles. The SMILES string of the molecule is Cc1ccc2c(c1)cc1c(-c3ccccc3)c(-c3ccccc3)c3ccccc3n12. The summed E-state index contributed by atoms with van der Waals surface area (Å²) in [7, 11) is 0. The van der Waals surface area contributed by atoms with Crippen LogP contribution in [0.5, 0.6) is 0 Å². The number of aromatic nitrogens is 1. The van der Waals surface area contributed by atoms with Crippen molar-refractivity contribution in [1.29, 1.82) is 0 Å². The molecule has 2 aromatic heterocycles. The molecule has 1 heteroatoms. The monoisotopic (exact) mass is 383 g/mol. The number of aryl methyl sites for hydroxylation is 1. The maximum Gasteiger partial charge on any atom is 0.0553 e. The summed E-state index contributed by atoms with van der Waals surface area (Å²) in [6.45, 7) is 2.16. The molecule has 0 saturated heterocycles. The topological polar surface area (TPSA) is 4.41 Å². The Morgan fingerprint density at radius 2 is 1.13 bits per heavy atom. The third-order valence-corrected chi connectivity index (χ3v) is 6.00. The number of hydrogen-bond donors (Lipinski definition) is 0. The second-order valence-corrected chi connectivity index (χ2v) is 7.93. The second-order valence-electron chi connectivity index (χ2n) is 7.93. The molecule has 30 heavy (non-hydrogen) atoms. The van der Waals surface area contributed by atoms with Crippen molar-refractivity contribution in [3.8, 4) is 22.3 Å². The van der Waals surface area contributed by atoms with Gasteiger partial charge in [0.15, 0.2) is 0 Å². The molecule has 6 rings (SSSR count). The summed E-state index contributed by atoms with van der Waals surface area (Å²) >= 11 is 0. The first-order valence-corrected chi connectivity index (χ1v) is 10.4. The van der Waals surface area contributed by atoms with Crippen LogP contribution in [-0.2, 0) is 0 Å². The van der Waals surface area contributed by atoms with Crippen molar-refractivity contribution in [3.05, 3.63) is 115 Å². The summed E-state index contributed by atoms with van der Waals surface area (Å²) in [5, 5.41) is 2.55. The van der Waals surface area contributed by atoms with E-state index in [1.54, 1.807) is 0 Å². The zero-order valence-electron chi connectivity index (χ0n) is 16.8. The maximum atomic E-state index is 2.43. The van der Waals surface area contributed by atoms with Gasteiger partial charge >= 0.3 is 0 Å². The number of benzene rings is 4. The molecule has 0 aliphatic heterocycles. The largest absolute Gasteiger partial charge is 0.309 e. The van der Waals surface area contributed by atoms with Crippen molar-refractivity contribution in [2.45, 2.75) is 6.92 Å².